The fourth-order valence-corrected chi connectivity index (χ4v) is 4.75. The van der Waals surface area contributed by atoms with E-state index in [0.717, 1.165) is 29.9 Å². The second-order valence-electron chi connectivity index (χ2n) is 7.87. The van der Waals surface area contributed by atoms with E-state index >= 15 is 0 Å². The highest BCUT2D eigenvalue weighted by Crippen LogP contribution is 2.37. The number of anilines is 1. The summed E-state index contributed by atoms with van der Waals surface area (Å²) in [4.78, 5) is 4.54. The number of rotatable bonds is 5. The zero-order chi connectivity index (χ0) is 22.7. The van der Waals surface area contributed by atoms with E-state index in [-0.39, 0.29) is 6.04 Å². The number of hydrogen-bond acceptors (Lipinski definition) is 4. The first-order valence-corrected chi connectivity index (χ1v) is 11.5. The Hall–Kier alpha value is -2.26. The summed E-state index contributed by atoms with van der Waals surface area (Å²) in [5, 5.41) is 21.7. The summed E-state index contributed by atoms with van der Waals surface area (Å²) in [5.74, 6) is 0. The third kappa shape index (κ3) is 5.20. The molecular weight excluding hydrogens is 465 g/mol. The molecule has 2 atom stereocenters. The first-order chi connectivity index (χ1) is 15.4. The summed E-state index contributed by atoms with van der Waals surface area (Å²) in [7, 11) is 0. The maximum Gasteiger partial charge on any atom is 0.0991 e. The minimum absolute atomic E-state index is 0.0351. The molecular formula is C25H22Cl3N3O. The molecule has 1 N–H and O–H groups in total. The lowest BCUT2D eigenvalue weighted by Crippen LogP contribution is -2.49. The van der Waals surface area contributed by atoms with E-state index in [1.807, 2.05) is 48.5 Å². The highest BCUT2D eigenvalue weighted by molar-refractivity contribution is 6.36. The number of aliphatic hydroxyl groups is 1. The molecule has 4 rings (SSSR count). The summed E-state index contributed by atoms with van der Waals surface area (Å²) >= 11 is 18.8. The van der Waals surface area contributed by atoms with E-state index in [2.05, 4.69) is 15.9 Å². The fraction of sp³-hybridized carbons (Fsp3) is 0.240. The van der Waals surface area contributed by atoms with Crippen LogP contribution in [-0.2, 0) is 0 Å². The van der Waals surface area contributed by atoms with Crippen molar-refractivity contribution in [1.29, 1.82) is 5.26 Å². The molecule has 3 aromatic rings. The molecule has 0 amide bonds. The number of halogens is 3. The lowest BCUT2D eigenvalue weighted by atomic mass is 10.00. The number of piperazine rings is 1. The number of nitriles is 1. The monoisotopic (exact) mass is 485 g/mol. The van der Waals surface area contributed by atoms with Crippen LogP contribution in [0.1, 0.15) is 28.8 Å². The van der Waals surface area contributed by atoms with E-state index in [9.17, 15) is 5.11 Å². The van der Waals surface area contributed by atoms with E-state index < -0.39 is 6.10 Å². The van der Waals surface area contributed by atoms with Gasteiger partial charge in [-0.15, -0.1) is 0 Å². The van der Waals surface area contributed by atoms with E-state index in [0.29, 0.717) is 33.7 Å². The summed E-state index contributed by atoms with van der Waals surface area (Å²) < 4.78 is 0. The first kappa shape index (κ1) is 22.9. The molecule has 0 aliphatic carbocycles. The van der Waals surface area contributed by atoms with Crippen molar-refractivity contribution in [1.82, 2.24) is 4.90 Å². The van der Waals surface area contributed by atoms with Crippen molar-refractivity contribution in [2.75, 3.05) is 31.1 Å². The molecule has 0 saturated carbocycles. The number of benzene rings is 3. The summed E-state index contributed by atoms with van der Waals surface area (Å²) in [6.45, 7) is 2.73. The molecule has 1 saturated heterocycles. The van der Waals surface area contributed by atoms with Crippen LogP contribution in [0.5, 0.6) is 0 Å². The molecule has 0 bridgehead atoms. The Kier molecular flexibility index (Phi) is 7.25. The quantitative estimate of drug-likeness (QED) is 0.472. The molecule has 0 unspecified atom stereocenters. The van der Waals surface area contributed by atoms with Crippen LogP contribution in [0.4, 0.5) is 5.69 Å². The van der Waals surface area contributed by atoms with Gasteiger partial charge >= 0.3 is 0 Å². The minimum atomic E-state index is -0.640. The maximum atomic E-state index is 10.8. The molecule has 3 aromatic carbocycles. The fourth-order valence-electron chi connectivity index (χ4n) is 4.11. The van der Waals surface area contributed by atoms with Gasteiger partial charge in [-0.05, 0) is 53.6 Å². The van der Waals surface area contributed by atoms with Crippen molar-refractivity contribution in [3.63, 3.8) is 0 Å². The highest BCUT2D eigenvalue weighted by atomic mass is 35.5. The topological polar surface area (TPSA) is 50.5 Å². The van der Waals surface area contributed by atoms with Gasteiger partial charge in [0, 0.05) is 36.2 Å². The molecule has 0 spiro atoms. The highest BCUT2D eigenvalue weighted by Gasteiger charge is 2.30. The van der Waals surface area contributed by atoms with Crippen LogP contribution in [0, 0.1) is 11.3 Å². The van der Waals surface area contributed by atoms with Gasteiger partial charge in [0.05, 0.1) is 34.5 Å². The second-order valence-corrected chi connectivity index (χ2v) is 9.15. The van der Waals surface area contributed by atoms with Gasteiger partial charge in [-0.3, -0.25) is 4.90 Å². The SMILES string of the molecule is N#Cc1ccc([C@H](O)CN2CCN(c3ccc(Cl)cc3Cl)[C@H](c3ccc(Cl)cc3)C2)cc1. The molecule has 0 aromatic heterocycles. The van der Waals surface area contributed by atoms with Gasteiger partial charge in [0.1, 0.15) is 0 Å². The van der Waals surface area contributed by atoms with Crippen LogP contribution < -0.4 is 4.90 Å². The number of hydrogen-bond donors (Lipinski definition) is 1. The molecule has 1 aliphatic rings. The summed E-state index contributed by atoms with van der Waals surface area (Å²) in [5.41, 5.74) is 3.44. The van der Waals surface area contributed by atoms with Crippen LogP contribution in [0.2, 0.25) is 15.1 Å². The van der Waals surface area contributed by atoms with Gasteiger partial charge in [0.15, 0.2) is 0 Å². The second kappa shape index (κ2) is 10.1. The van der Waals surface area contributed by atoms with Crippen molar-refractivity contribution in [2.45, 2.75) is 12.1 Å². The van der Waals surface area contributed by atoms with E-state index in [4.69, 9.17) is 40.1 Å². The predicted octanol–water partition coefficient (Wildman–Crippen LogP) is 6.12. The molecule has 0 radical (unpaired) electrons. The van der Waals surface area contributed by atoms with Crippen molar-refractivity contribution in [2.24, 2.45) is 0 Å². The van der Waals surface area contributed by atoms with Crippen LogP contribution in [0.25, 0.3) is 0 Å². The Labute approximate surface area is 203 Å². The van der Waals surface area contributed by atoms with Crippen LogP contribution in [0.15, 0.2) is 66.7 Å². The van der Waals surface area contributed by atoms with Gasteiger partial charge in [0.25, 0.3) is 0 Å². The van der Waals surface area contributed by atoms with Crippen LogP contribution >= 0.6 is 34.8 Å². The standard InChI is InChI=1S/C25H22Cl3N3O/c26-20-7-5-18(6-8-20)24-15-30(16-25(32)19-3-1-17(14-29)2-4-19)11-12-31(24)23-10-9-21(27)13-22(23)28/h1-10,13,24-25,32H,11-12,15-16H2/t24-,25+/m0/s1. The zero-order valence-electron chi connectivity index (χ0n) is 17.3. The molecule has 7 heteroatoms. The van der Waals surface area contributed by atoms with Crippen LogP contribution in [0.3, 0.4) is 0 Å². The van der Waals surface area contributed by atoms with Crippen molar-refractivity contribution >= 4 is 40.5 Å². The average molecular weight is 487 g/mol. The summed E-state index contributed by atoms with van der Waals surface area (Å²) in [6.07, 6.45) is -0.640. The Morgan fingerprint density at radius 2 is 1.62 bits per heavy atom. The summed E-state index contributed by atoms with van der Waals surface area (Å²) in [6, 6.07) is 22.6. The molecule has 1 heterocycles. The predicted molar refractivity (Wildman–Crippen MR) is 131 cm³/mol. The first-order valence-electron chi connectivity index (χ1n) is 10.3. The molecule has 164 valence electrons. The number of β-amino-alcohol motifs (C(OH)–C–C–N with tert-alkyl or cyclic N) is 1. The Morgan fingerprint density at radius 3 is 2.28 bits per heavy atom. The molecule has 1 fully saturated rings. The van der Waals surface area contributed by atoms with Gasteiger partial charge < -0.3 is 10.0 Å². The van der Waals surface area contributed by atoms with Crippen molar-refractivity contribution in [3.8, 4) is 6.07 Å². The van der Waals surface area contributed by atoms with Crippen molar-refractivity contribution in [3.05, 3.63) is 98.5 Å². The maximum absolute atomic E-state index is 10.8. The third-order valence-corrected chi connectivity index (χ3v) is 6.58. The molecule has 32 heavy (non-hydrogen) atoms. The average Bonchev–Trinajstić information content (AvgIpc) is 2.80. The van der Waals surface area contributed by atoms with Crippen LogP contribution in [-0.4, -0.2) is 36.2 Å². The Balaban J connectivity index is 1.56. The Bertz CT molecular complexity index is 1110. The number of nitrogens with zero attached hydrogens (tertiary/aromatic N) is 3. The molecule has 4 nitrogen and oxygen atoms in total. The van der Waals surface area contributed by atoms with Crippen molar-refractivity contribution < 1.29 is 5.11 Å². The van der Waals surface area contributed by atoms with E-state index in [1.165, 1.54) is 0 Å². The molecule has 1 aliphatic heterocycles. The normalized spacial score (nSPS) is 17.7. The third-order valence-electron chi connectivity index (χ3n) is 5.79. The zero-order valence-corrected chi connectivity index (χ0v) is 19.5. The van der Waals surface area contributed by atoms with Gasteiger partial charge in [0.2, 0.25) is 0 Å². The lowest BCUT2D eigenvalue weighted by Gasteiger charge is -2.44. The van der Waals surface area contributed by atoms with Gasteiger partial charge in [-0.2, -0.15) is 5.26 Å². The Morgan fingerprint density at radius 1 is 0.938 bits per heavy atom. The van der Waals surface area contributed by atoms with Gasteiger partial charge in [-0.25, -0.2) is 0 Å². The minimum Gasteiger partial charge on any atom is -0.387 e. The van der Waals surface area contributed by atoms with E-state index in [1.54, 1.807) is 18.2 Å². The van der Waals surface area contributed by atoms with Gasteiger partial charge in [-0.1, -0.05) is 59.1 Å². The smallest absolute Gasteiger partial charge is 0.0991 e. The lowest BCUT2D eigenvalue weighted by molar-refractivity contribution is 0.100. The number of aliphatic hydroxyl groups excluding tert-OH is 1. The largest absolute Gasteiger partial charge is 0.387 e.